The molecule has 17 heavy (non-hydrogen) atoms. The fourth-order valence-electron chi connectivity index (χ4n) is 2.16. The van der Waals surface area contributed by atoms with Crippen LogP contribution in [-0.4, -0.2) is 58.6 Å². The molecular formula is C12H19N5. The fourth-order valence-corrected chi connectivity index (χ4v) is 2.16. The van der Waals surface area contributed by atoms with E-state index in [0.717, 1.165) is 45.1 Å². The number of rotatable bonds is 4. The highest BCUT2D eigenvalue weighted by Gasteiger charge is 2.15. The average Bonchev–Trinajstić information content (AvgIpc) is 2.75. The number of nitrogens with zero attached hydrogens (tertiary/aromatic N) is 5. The van der Waals surface area contributed by atoms with Crippen molar-refractivity contribution in [1.82, 2.24) is 19.4 Å². The molecule has 2 heterocycles. The van der Waals surface area contributed by atoms with Gasteiger partial charge < -0.3 is 4.57 Å². The van der Waals surface area contributed by atoms with Gasteiger partial charge in [-0.2, -0.15) is 5.26 Å². The summed E-state index contributed by atoms with van der Waals surface area (Å²) in [5.74, 6) is 1.08. The highest BCUT2D eigenvalue weighted by Crippen LogP contribution is 2.02. The Morgan fingerprint density at radius 1 is 1.24 bits per heavy atom. The van der Waals surface area contributed by atoms with Crippen molar-refractivity contribution in [2.75, 3.05) is 39.3 Å². The molecule has 0 bridgehead atoms. The van der Waals surface area contributed by atoms with E-state index in [4.69, 9.17) is 5.26 Å². The summed E-state index contributed by atoms with van der Waals surface area (Å²) in [6, 6.07) is 2.21. The summed E-state index contributed by atoms with van der Waals surface area (Å²) < 4.78 is 2.18. The molecule has 0 aliphatic carbocycles. The normalized spacial score (nSPS) is 18.1. The minimum Gasteiger partial charge on any atom is -0.334 e. The average molecular weight is 233 g/mol. The molecule has 1 aliphatic rings. The van der Waals surface area contributed by atoms with E-state index >= 15 is 0 Å². The maximum Gasteiger partial charge on any atom is 0.105 e. The number of aromatic nitrogens is 2. The molecule has 0 radical (unpaired) electrons. The molecule has 2 rings (SSSR count). The molecule has 1 aromatic rings. The Morgan fingerprint density at radius 3 is 2.53 bits per heavy atom. The van der Waals surface area contributed by atoms with E-state index in [0.29, 0.717) is 6.54 Å². The van der Waals surface area contributed by atoms with Gasteiger partial charge in [-0.05, 0) is 6.92 Å². The Balaban J connectivity index is 1.72. The number of hydrogen-bond donors (Lipinski definition) is 0. The highest BCUT2D eigenvalue weighted by atomic mass is 15.3. The van der Waals surface area contributed by atoms with Gasteiger partial charge in [0.1, 0.15) is 5.82 Å². The van der Waals surface area contributed by atoms with E-state index in [-0.39, 0.29) is 0 Å². The van der Waals surface area contributed by atoms with Crippen LogP contribution in [0.4, 0.5) is 0 Å². The first-order valence-corrected chi connectivity index (χ1v) is 6.09. The largest absolute Gasteiger partial charge is 0.334 e. The van der Waals surface area contributed by atoms with Crippen LogP contribution in [0.5, 0.6) is 0 Å². The second kappa shape index (κ2) is 5.80. The molecule has 0 aromatic carbocycles. The van der Waals surface area contributed by atoms with E-state index in [1.54, 1.807) is 0 Å². The molecule has 5 nitrogen and oxygen atoms in total. The Kier molecular flexibility index (Phi) is 4.13. The van der Waals surface area contributed by atoms with Gasteiger partial charge in [0.25, 0.3) is 0 Å². The molecule has 0 saturated carbocycles. The fraction of sp³-hybridized carbons (Fsp3) is 0.667. The van der Waals surface area contributed by atoms with Crippen molar-refractivity contribution in [3.63, 3.8) is 0 Å². The number of hydrogen-bond acceptors (Lipinski definition) is 4. The Morgan fingerprint density at radius 2 is 1.94 bits per heavy atom. The molecule has 92 valence electrons. The van der Waals surface area contributed by atoms with Crippen LogP contribution in [0.3, 0.4) is 0 Å². The maximum atomic E-state index is 8.63. The van der Waals surface area contributed by atoms with Crippen LogP contribution in [0, 0.1) is 18.3 Å². The number of imidazole rings is 1. The Bertz CT molecular complexity index is 384. The lowest BCUT2D eigenvalue weighted by Crippen LogP contribution is -2.47. The van der Waals surface area contributed by atoms with E-state index in [1.807, 2.05) is 19.3 Å². The summed E-state index contributed by atoms with van der Waals surface area (Å²) in [6.07, 6.45) is 3.88. The van der Waals surface area contributed by atoms with Crippen LogP contribution in [0.15, 0.2) is 12.4 Å². The predicted molar refractivity (Wildman–Crippen MR) is 65.5 cm³/mol. The molecule has 0 N–H and O–H groups in total. The summed E-state index contributed by atoms with van der Waals surface area (Å²) in [5, 5.41) is 8.63. The van der Waals surface area contributed by atoms with Gasteiger partial charge in [-0.15, -0.1) is 0 Å². The molecular weight excluding hydrogens is 214 g/mol. The van der Waals surface area contributed by atoms with Crippen molar-refractivity contribution in [3.05, 3.63) is 18.2 Å². The van der Waals surface area contributed by atoms with Gasteiger partial charge in [-0.1, -0.05) is 0 Å². The van der Waals surface area contributed by atoms with Crippen molar-refractivity contribution in [2.24, 2.45) is 0 Å². The van der Waals surface area contributed by atoms with Gasteiger partial charge in [0, 0.05) is 51.7 Å². The van der Waals surface area contributed by atoms with Crippen LogP contribution in [-0.2, 0) is 6.54 Å². The second-order valence-electron chi connectivity index (χ2n) is 4.44. The summed E-state index contributed by atoms with van der Waals surface area (Å²) >= 11 is 0. The molecule has 0 atom stereocenters. The smallest absolute Gasteiger partial charge is 0.105 e. The van der Waals surface area contributed by atoms with Gasteiger partial charge >= 0.3 is 0 Å². The molecule has 0 amide bonds. The van der Waals surface area contributed by atoms with E-state index in [1.165, 1.54) is 0 Å². The molecule has 1 aliphatic heterocycles. The minimum absolute atomic E-state index is 0.564. The topological polar surface area (TPSA) is 48.1 Å². The lowest BCUT2D eigenvalue weighted by Gasteiger charge is -2.33. The van der Waals surface area contributed by atoms with Crippen LogP contribution in [0.25, 0.3) is 0 Å². The summed E-state index contributed by atoms with van der Waals surface area (Å²) in [6.45, 7) is 8.82. The third-order valence-corrected chi connectivity index (χ3v) is 3.34. The quantitative estimate of drug-likeness (QED) is 0.703. The molecule has 1 aromatic heterocycles. The van der Waals surface area contributed by atoms with E-state index in [9.17, 15) is 0 Å². The summed E-state index contributed by atoms with van der Waals surface area (Å²) in [4.78, 5) is 8.88. The zero-order valence-corrected chi connectivity index (χ0v) is 10.3. The van der Waals surface area contributed by atoms with Gasteiger partial charge in [-0.3, -0.25) is 9.80 Å². The first-order valence-electron chi connectivity index (χ1n) is 6.09. The molecule has 0 unspecified atom stereocenters. The molecule has 1 fully saturated rings. The van der Waals surface area contributed by atoms with Crippen LogP contribution in [0.1, 0.15) is 5.82 Å². The minimum atomic E-state index is 0.564. The van der Waals surface area contributed by atoms with Gasteiger partial charge in [-0.25, -0.2) is 4.98 Å². The summed E-state index contributed by atoms with van der Waals surface area (Å²) in [5.41, 5.74) is 0. The lowest BCUT2D eigenvalue weighted by molar-refractivity contribution is 0.140. The SMILES string of the molecule is Cc1nccn1CCN1CCN(CC#N)CC1. The molecule has 0 spiro atoms. The first kappa shape index (κ1) is 12.1. The lowest BCUT2D eigenvalue weighted by atomic mass is 10.3. The monoisotopic (exact) mass is 233 g/mol. The van der Waals surface area contributed by atoms with Gasteiger partial charge in [0.15, 0.2) is 0 Å². The van der Waals surface area contributed by atoms with Gasteiger partial charge in [0.05, 0.1) is 12.6 Å². The molecule has 5 heteroatoms. The van der Waals surface area contributed by atoms with Crippen molar-refractivity contribution in [1.29, 1.82) is 5.26 Å². The van der Waals surface area contributed by atoms with Crippen molar-refractivity contribution in [2.45, 2.75) is 13.5 Å². The third kappa shape index (κ3) is 3.29. The van der Waals surface area contributed by atoms with E-state index < -0.39 is 0 Å². The standard InChI is InChI=1S/C12H19N5/c1-12-14-3-5-17(12)11-10-16-8-6-15(4-2-13)7-9-16/h3,5H,4,6-11H2,1H3. The highest BCUT2D eigenvalue weighted by molar-refractivity contribution is 4.88. The number of piperazine rings is 1. The zero-order chi connectivity index (χ0) is 12.1. The van der Waals surface area contributed by atoms with E-state index in [2.05, 4.69) is 25.4 Å². The molecule has 1 saturated heterocycles. The Hall–Kier alpha value is -1.38. The zero-order valence-electron chi connectivity index (χ0n) is 10.3. The third-order valence-electron chi connectivity index (χ3n) is 3.34. The second-order valence-corrected chi connectivity index (χ2v) is 4.44. The summed E-state index contributed by atoms with van der Waals surface area (Å²) in [7, 11) is 0. The van der Waals surface area contributed by atoms with Crippen molar-refractivity contribution in [3.8, 4) is 6.07 Å². The van der Waals surface area contributed by atoms with Crippen molar-refractivity contribution < 1.29 is 0 Å². The van der Waals surface area contributed by atoms with Crippen molar-refractivity contribution >= 4 is 0 Å². The van der Waals surface area contributed by atoms with Crippen LogP contribution >= 0.6 is 0 Å². The van der Waals surface area contributed by atoms with Crippen LogP contribution < -0.4 is 0 Å². The number of aryl methyl sites for hydroxylation is 1. The van der Waals surface area contributed by atoms with Gasteiger partial charge in [0.2, 0.25) is 0 Å². The first-order chi connectivity index (χ1) is 8.29. The Labute approximate surface area is 102 Å². The number of nitriles is 1. The maximum absolute atomic E-state index is 8.63. The van der Waals surface area contributed by atoms with Crippen LogP contribution in [0.2, 0.25) is 0 Å². The predicted octanol–water partition coefficient (Wildman–Crippen LogP) is 0.333.